The van der Waals surface area contributed by atoms with Gasteiger partial charge in [0, 0.05) is 5.92 Å². The first-order valence-electron chi connectivity index (χ1n) is 5.97. The van der Waals surface area contributed by atoms with Crippen molar-refractivity contribution in [1.82, 2.24) is 0 Å². The predicted molar refractivity (Wildman–Crippen MR) is 72.8 cm³/mol. The van der Waals surface area contributed by atoms with Gasteiger partial charge < -0.3 is 4.74 Å². The van der Waals surface area contributed by atoms with Gasteiger partial charge in [-0.2, -0.15) is 0 Å². The molecule has 0 saturated carbocycles. The van der Waals surface area contributed by atoms with Crippen molar-refractivity contribution >= 4 is 10.0 Å². The number of ether oxygens (including phenoxy) is 1. The van der Waals surface area contributed by atoms with E-state index < -0.39 is 15.8 Å². The molecule has 1 rings (SSSR count). The van der Waals surface area contributed by atoms with Gasteiger partial charge in [0.2, 0.25) is 10.0 Å². The fourth-order valence-corrected chi connectivity index (χ4v) is 2.74. The van der Waals surface area contributed by atoms with E-state index in [4.69, 9.17) is 9.88 Å². The molecule has 0 amide bonds. The Labute approximate surface area is 113 Å². The molecule has 0 aliphatic heterocycles. The molecule has 0 heterocycles. The quantitative estimate of drug-likeness (QED) is 0.903. The Hall–Kier alpha value is -1.14. The molecule has 0 aliphatic carbocycles. The Morgan fingerprint density at radius 2 is 1.89 bits per heavy atom. The molecule has 0 aromatic heterocycles. The highest BCUT2D eigenvalue weighted by Gasteiger charge is 2.29. The van der Waals surface area contributed by atoms with E-state index in [0.717, 1.165) is 0 Å². The molecule has 0 aliphatic rings. The largest absolute Gasteiger partial charge is 0.490 e. The first-order chi connectivity index (χ1) is 8.59. The van der Waals surface area contributed by atoms with Crippen molar-refractivity contribution in [2.24, 2.45) is 16.5 Å². The van der Waals surface area contributed by atoms with Crippen molar-refractivity contribution in [3.8, 4) is 5.75 Å². The smallest absolute Gasteiger partial charge is 0.209 e. The van der Waals surface area contributed by atoms with E-state index >= 15 is 0 Å². The Bertz CT molecular complexity index is 523. The molecule has 1 aromatic rings. The van der Waals surface area contributed by atoms with Gasteiger partial charge in [0.25, 0.3) is 0 Å². The van der Waals surface area contributed by atoms with Crippen molar-refractivity contribution in [1.29, 1.82) is 0 Å². The Morgan fingerprint density at radius 3 is 2.37 bits per heavy atom. The molecule has 19 heavy (non-hydrogen) atoms. The zero-order valence-corrected chi connectivity index (χ0v) is 12.2. The van der Waals surface area contributed by atoms with Crippen LogP contribution in [0, 0.1) is 17.2 Å². The third kappa shape index (κ3) is 5.57. The second kappa shape index (κ2) is 5.88. The van der Waals surface area contributed by atoms with Gasteiger partial charge in [-0.25, -0.2) is 17.9 Å². The van der Waals surface area contributed by atoms with Crippen molar-refractivity contribution in [2.75, 3.05) is 12.4 Å². The molecule has 6 heteroatoms. The number of benzene rings is 1. The normalized spacial score (nSPS) is 14.2. The molecule has 0 saturated heterocycles. The number of halogens is 1. The maximum absolute atomic E-state index is 13.4. The lowest BCUT2D eigenvalue weighted by atomic mass is 9.82. The van der Waals surface area contributed by atoms with E-state index in [1.807, 2.05) is 20.8 Å². The van der Waals surface area contributed by atoms with E-state index in [1.54, 1.807) is 12.1 Å². The van der Waals surface area contributed by atoms with Gasteiger partial charge >= 0.3 is 0 Å². The maximum Gasteiger partial charge on any atom is 0.209 e. The highest BCUT2D eigenvalue weighted by Crippen LogP contribution is 2.28. The minimum Gasteiger partial charge on any atom is -0.490 e. The number of rotatable bonds is 5. The van der Waals surface area contributed by atoms with Gasteiger partial charge in [-0.3, -0.25) is 0 Å². The maximum atomic E-state index is 13.4. The molecule has 0 bridgehead atoms. The van der Waals surface area contributed by atoms with Crippen LogP contribution in [0.4, 0.5) is 4.39 Å². The lowest BCUT2D eigenvalue weighted by Crippen LogP contribution is -2.35. The average Bonchev–Trinajstić information content (AvgIpc) is 2.23. The predicted octanol–water partition coefficient (Wildman–Crippen LogP) is 2.16. The van der Waals surface area contributed by atoms with Crippen LogP contribution in [0.2, 0.25) is 0 Å². The summed E-state index contributed by atoms with van der Waals surface area (Å²) in [5.41, 5.74) is -0.308. The van der Waals surface area contributed by atoms with Gasteiger partial charge in [0.1, 0.15) is 0 Å². The second-order valence-electron chi connectivity index (χ2n) is 5.63. The first kappa shape index (κ1) is 15.9. The van der Waals surface area contributed by atoms with Gasteiger partial charge in [0.05, 0.1) is 12.4 Å². The van der Waals surface area contributed by atoms with E-state index in [0.29, 0.717) is 0 Å². The number of hydrogen-bond donors (Lipinski definition) is 1. The molecule has 108 valence electrons. The zero-order valence-electron chi connectivity index (χ0n) is 11.4. The molecule has 4 nitrogen and oxygen atoms in total. The van der Waals surface area contributed by atoms with Crippen LogP contribution < -0.4 is 9.88 Å². The summed E-state index contributed by atoms with van der Waals surface area (Å²) in [6.07, 6.45) is 0. The fraction of sp³-hybridized carbons (Fsp3) is 0.538. The zero-order chi connectivity index (χ0) is 14.7. The summed E-state index contributed by atoms with van der Waals surface area (Å²) in [5, 5.41) is 5.07. The molecular weight excluding hydrogens is 269 g/mol. The summed E-state index contributed by atoms with van der Waals surface area (Å²) in [7, 11) is -3.59. The van der Waals surface area contributed by atoms with Crippen molar-refractivity contribution in [2.45, 2.75) is 20.8 Å². The molecule has 0 radical (unpaired) electrons. The number of nitrogens with two attached hydrogens (primary N) is 1. The van der Waals surface area contributed by atoms with Crippen LogP contribution in [0.5, 0.6) is 5.75 Å². The summed E-state index contributed by atoms with van der Waals surface area (Å²) < 4.78 is 41.2. The summed E-state index contributed by atoms with van der Waals surface area (Å²) >= 11 is 0. The summed E-state index contributed by atoms with van der Waals surface area (Å²) in [5.74, 6) is -0.857. The standard InChI is InChI=1S/C13H20FNO3S/c1-13(2,3)10(9-19(15,16)17)8-18-12-7-5-4-6-11(12)14/h4-7,10H,8-9H2,1-3H3,(H2,15,16,17). The molecule has 1 aromatic carbocycles. The van der Waals surface area contributed by atoms with E-state index in [9.17, 15) is 12.8 Å². The van der Waals surface area contributed by atoms with E-state index in [1.165, 1.54) is 12.1 Å². The number of para-hydroxylation sites is 1. The summed E-state index contributed by atoms with van der Waals surface area (Å²) in [6, 6.07) is 6.02. The molecule has 1 atom stereocenters. The van der Waals surface area contributed by atoms with Crippen LogP contribution in [0.1, 0.15) is 20.8 Å². The fourth-order valence-electron chi connectivity index (χ4n) is 1.58. The SMILES string of the molecule is CC(C)(C)C(COc1ccccc1F)CS(N)(=O)=O. The van der Waals surface area contributed by atoms with Crippen LogP contribution >= 0.6 is 0 Å². The lowest BCUT2D eigenvalue weighted by Gasteiger charge is -2.29. The van der Waals surface area contributed by atoms with E-state index in [-0.39, 0.29) is 29.4 Å². The van der Waals surface area contributed by atoms with Gasteiger partial charge in [-0.15, -0.1) is 0 Å². The third-order valence-electron chi connectivity index (χ3n) is 2.93. The van der Waals surface area contributed by atoms with Gasteiger partial charge in [0.15, 0.2) is 11.6 Å². The third-order valence-corrected chi connectivity index (χ3v) is 3.80. The van der Waals surface area contributed by atoms with Crippen molar-refractivity contribution in [3.63, 3.8) is 0 Å². The van der Waals surface area contributed by atoms with E-state index in [2.05, 4.69) is 0 Å². The van der Waals surface area contributed by atoms with Crippen molar-refractivity contribution < 1.29 is 17.5 Å². The first-order valence-corrected chi connectivity index (χ1v) is 7.69. The van der Waals surface area contributed by atoms with Crippen LogP contribution in [0.15, 0.2) is 24.3 Å². The summed E-state index contributed by atoms with van der Waals surface area (Å²) in [6.45, 7) is 5.79. The molecule has 0 spiro atoms. The van der Waals surface area contributed by atoms with Crippen LogP contribution in [-0.4, -0.2) is 20.8 Å². The minimum atomic E-state index is -3.59. The molecule has 2 N–H and O–H groups in total. The minimum absolute atomic E-state index is 0.0981. The van der Waals surface area contributed by atoms with Crippen LogP contribution in [0.3, 0.4) is 0 Å². The molecule has 1 unspecified atom stereocenters. The summed E-state index contributed by atoms with van der Waals surface area (Å²) in [4.78, 5) is 0. The Kier molecular flexibility index (Phi) is 4.92. The average molecular weight is 289 g/mol. The van der Waals surface area contributed by atoms with Crippen LogP contribution in [-0.2, 0) is 10.0 Å². The highest BCUT2D eigenvalue weighted by atomic mass is 32.2. The second-order valence-corrected chi connectivity index (χ2v) is 7.29. The lowest BCUT2D eigenvalue weighted by molar-refractivity contribution is 0.159. The Balaban J connectivity index is 2.77. The number of sulfonamides is 1. The number of primary sulfonamides is 1. The molecular formula is C13H20FNO3S. The highest BCUT2D eigenvalue weighted by molar-refractivity contribution is 7.89. The van der Waals surface area contributed by atoms with Gasteiger partial charge in [-0.1, -0.05) is 32.9 Å². The van der Waals surface area contributed by atoms with Crippen LogP contribution in [0.25, 0.3) is 0 Å². The topological polar surface area (TPSA) is 69.4 Å². The van der Waals surface area contributed by atoms with Gasteiger partial charge in [-0.05, 0) is 17.5 Å². The monoisotopic (exact) mass is 289 g/mol. The Morgan fingerprint density at radius 1 is 1.32 bits per heavy atom. The number of hydrogen-bond acceptors (Lipinski definition) is 3. The van der Waals surface area contributed by atoms with Crippen molar-refractivity contribution in [3.05, 3.63) is 30.1 Å². The molecule has 0 fully saturated rings.